The van der Waals surface area contributed by atoms with E-state index in [0.717, 1.165) is 32.7 Å². The summed E-state index contributed by atoms with van der Waals surface area (Å²) in [6.45, 7) is 5.73. The Balaban J connectivity index is 1.74. The van der Waals surface area contributed by atoms with Gasteiger partial charge in [-0.3, -0.25) is 4.79 Å². The lowest BCUT2D eigenvalue weighted by Gasteiger charge is -2.34. The standard InChI is InChI=1S/C26H31BrIN3O6/c1-26(2,3)21-23(32)31-13-15(12-20(31)24(33)34)37-22-17-10-14(11-19(28)16(17)7-8-29-22)18(27)6-4-5-9-36-25(35)30-21/h7-8,10-11,15,18,20-21H,4-6,9,12-13H2,1-3H3,(H,30,35)(H,33,34)/t15-,18?,20+,21-/m1/s1. The van der Waals surface area contributed by atoms with Crippen molar-refractivity contribution in [3.05, 3.63) is 33.5 Å². The van der Waals surface area contributed by atoms with Crippen molar-refractivity contribution in [3.63, 3.8) is 0 Å². The molecular formula is C26H31BrIN3O6. The monoisotopic (exact) mass is 687 g/mol. The number of pyridine rings is 1. The molecule has 1 fully saturated rings. The van der Waals surface area contributed by atoms with Gasteiger partial charge in [0.1, 0.15) is 18.2 Å². The van der Waals surface area contributed by atoms with Gasteiger partial charge in [0.05, 0.1) is 13.2 Å². The van der Waals surface area contributed by atoms with Gasteiger partial charge in [-0.2, -0.15) is 0 Å². The number of carbonyl (C=O) groups is 3. The van der Waals surface area contributed by atoms with Gasteiger partial charge in [0.25, 0.3) is 0 Å². The van der Waals surface area contributed by atoms with Gasteiger partial charge in [-0.1, -0.05) is 36.7 Å². The van der Waals surface area contributed by atoms with Crippen molar-refractivity contribution in [3.8, 4) is 5.88 Å². The lowest BCUT2D eigenvalue weighted by molar-refractivity contribution is -0.150. The maximum Gasteiger partial charge on any atom is 0.407 e. The van der Waals surface area contributed by atoms with E-state index in [9.17, 15) is 19.5 Å². The number of aromatic nitrogens is 1. The highest BCUT2D eigenvalue weighted by atomic mass is 127. The third kappa shape index (κ3) is 6.30. The summed E-state index contributed by atoms with van der Waals surface area (Å²) in [4.78, 5) is 44.2. The van der Waals surface area contributed by atoms with Gasteiger partial charge in [-0.25, -0.2) is 14.6 Å². The Bertz CT molecular complexity index is 1200. The van der Waals surface area contributed by atoms with Crippen LogP contribution >= 0.6 is 38.5 Å². The summed E-state index contributed by atoms with van der Waals surface area (Å²) in [7, 11) is 0. The van der Waals surface area contributed by atoms with Crippen LogP contribution in [0.3, 0.4) is 0 Å². The molecule has 2 aliphatic rings. The molecule has 1 saturated heterocycles. The number of nitrogens with one attached hydrogen (secondary N) is 1. The second-order valence-electron chi connectivity index (χ2n) is 10.6. The molecule has 200 valence electrons. The minimum absolute atomic E-state index is 0.0645. The molecule has 4 rings (SSSR count). The molecule has 2 aliphatic heterocycles. The number of halogens is 2. The molecule has 2 N–H and O–H groups in total. The number of benzene rings is 1. The number of nitrogens with zero attached hydrogens (tertiary/aromatic N) is 2. The van der Waals surface area contributed by atoms with Gasteiger partial charge in [0.2, 0.25) is 11.8 Å². The van der Waals surface area contributed by atoms with E-state index >= 15 is 0 Å². The maximum absolute atomic E-state index is 13.6. The number of alkyl carbamates (subject to hydrolysis) is 1. The van der Waals surface area contributed by atoms with Crippen molar-refractivity contribution in [1.29, 1.82) is 0 Å². The van der Waals surface area contributed by atoms with Crippen LogP contribution in [0.25, 0.3) is 10.8 Å². The Morgan fingerprint density at radius 2 is 2.00 bits per heavy atom. The van der Waals surface area contributed by atoms with E-state index in [2.05, 4.69) is 61.0 Å². The first-order chi connectivity index (χ1) is 17.5. The summed E-state index contributed by atoms with van der Waals surface area (Å²) < 4.78 is 12.7. The molecule has 0 aliphatic carbocycles. The van der Waals surface area contributed by atoms with Crippen LogP contribution in [-0.4, -0.2) is 64.3 Å². The van der Waals surface area contributed by atoms with E-state index < -0.39 is 41.6 Å². The predicted molar refractivity (Wildman–Crippen MR) is 150 cm³/mol. The van der Waals surface area contributed by atoms with E-state index in [4.69, 9.17) is 9.47 Å². The number of carboxylic acid groups (broad SMARTS) is 1. The Hall–Kier alpha value is -2.15. The Labute approximate surface area is 237 Å². The molecule has 3 heterocycles. The number of hydrogen-bond donors (Lipinski definition) is 2. The molecule has 0 radical (unpaired) electrons. The number of rotatable bonds is 1. The molecule has 0 spiro atoms. The lowest BCUT2D eigenvalue weighted by atomic mass is 9.85. The number of carbonyl (C=O) groups excluding carboxylic acids is 2. The van der Waals surface area contributed by atoms with Gasteiger partial charge < -0.3 is 24.8 Å². The van der Waals surface area contributed by atoms with E-state index in [-0.39, 0.29) is 24.4 Å². The molecule has 1 aromatic carbocycles. The van der Waals surface area contributed by atoms with Gasteiger partial charge >= 0.3 is 12.1 Å². The molecular weight excluding hydrogens is 657 g/mol. The van der Waals surface area contributed by atoms with Gasteiger partial charge in [-0.15, -0.1) is 0 Å². The topological polar surface area (TPSA) is 118 Å². The van der Waals surface area contributed by atoms with Crippen molar-refractivity contribution < 1.29 is 29.0 Å². The number of aliphatic carboxylic acids is 1. The zero-order valence-electron chi connectivity index (χ0n) is 21.0. The summed E-state index contributed by atoms with van der Waals surface area (Å²) >= 11 is 6.09. The van der Waals surface area contributed by atoms with Crippen molar-refractivity contribution in [1.82, 2.24) is 15.2 Å². The first kappa shape index (κ1) is 27.9. The number of cyclic esters (lactones) is 1. The number of carboxylic acids is 1. The predicted octanol–water partition coefficient (Wildman–Crippen LogP) is 5.03. The summed E-state index contributed by atoms with van der Waals surface area (Å²) in [6.07, 6.45) is 2.85. The molecule has 1 aromatic heterocycles. The van der Waals surface area contributed by atoms with Crippen molar-refractivity contribution in [2.24, 2.45) is 5.41 Å². The Morgan fingerprint density at radius 1 is 1.24 bits per heavy atom. The fourth-order valence-electron chi connectivity index (χ4n) is 4.76. The molecule has 37 heavy (non-hydrogen) atoms. The van der Waals surface area contributed by atoms with Crippen LogP contribution in [0.5, 0.6) is 5.88 Å². The summed E-state index contributed by atoms with van der Waals surface area (Å²) in [5.74, 6) is -1.19. The molecule has 4 atom stereocenters. The Kier molecular flexibility index (Phi) is 8.51. The highest BCUT2D eigenvalue weighted by Crippen LogP contribution is 2.37. The van der Waals surface area contributed by atoms with E-state index in [1.807, 2.05) is 26.8 Å². The van der Waals surface area contributed by atoms with Crippen LogP contribution in [0.1, 0.15) is 56.8 Å². The fourth-order valence-corrected chi connectivity index (χ4v) is 6.18. The van der Waals surface area contributed by atoms with Gasteiger partial charge in [-0.05, 0) is 71.0 Å². The summed E-state index contributed by atoms with van der Waals surface area (Å²) in [6, 6.07) is 4.05. The fraction of sp³-hybridized carbons (Fsp3) is 0.538. The molecule has 9 nitrogen and oxygen atoms in total. The average molecular weight is 688 g/mol. The number of ether oxygens (including phenoxy) is 2. The second-order valence-corrected chi connectivity index (χ2v) is 12.8. The van der Waals surface area contributed by atoms with Gasteiger partial charge in [0.15, 0.2) is 0 Å². The number of amides is 2. The zero-order valence-corrected chi connectivity index (χ0v) is 24.7. The number of fused-ring (bicyclic) bond motifs is 3. The van der Waals surface area contributed by atoms with Crippen LogP contribution in [0.2, 0.25) is 0 Å². The highest BCUT2D eigenvalue weighted by Gasteiger charge is 2.46. The van der Waals surface area contributed by atoms with E-state index in [0.29, 0.717) is 12.3 Å². The van der Waals surface area contributed by atoms with Crippen LogP contribution in [0.15, 0.2) is 24.4 Å². The van der Waals surface area contributed by atoms with Gasteiger partial charge in [0, 0.05) is 31.8 Å². The molecule has 11 heteroatoms. The molecule has 1 unspecified atom stereocenters. The van der Waals surface area contributed by atoms with Crippen molar-refractivity contribution >= 4 is 67.3 Å². The minimum atomic E-state index is -1.12. The molecule has 2 amide bonds. The SMILES string of the molecule is CC(C)(C)[C@@H]1NC(=O)OCCCCC(Br)c2cc(I)c3ccnc(c3c2)O[C@@H]2C[C@@H](C(=O)O)N(C2)C1=O. The minimum Gasteiger partial charge on any atom is -0.480 e. The summed E-state index contributed by atoms with van der Waals surface area (Å²) in [5.41, 5.74) is 0.404. The zero-order chi connectivity index (χ0) is 26.9. The van der Waals surface area contributed by atoms with Crippen molar-refractivity contribution in [2.75, 3.05) is 13.2 Å². The van der Waals surface area contributed by atoms with Crippen LogP contribution in [0, 0.1) is 8.99 Å². The van der Waals surface area contributed by atoms with E-state index in [1.54, 1.807) is 6.20 Å². The quantitative estimate of drug-likeness (QED) is 0.319. The first-order valence-electron chi connectivity index (χ1n) is 12.3. The van der Waals surface area contributed by atoms with Crippen LogP contribution in [-0.2, 0) is 14.3 Å². The third-order valence-electron chi connectivity index (χ3n) is 6.75. The largest absolute Gasteiger partial charge is 0.480 e. The normalized spacial score (nSPS) is 25.7. The molecule has 2 aromatic rings. The number of hydrogen-bond acceptors (Lipinski definition) is 6. The van der Waals surface area contributed by atoms with Crippen molar-refractivity contribution in [2.45, 2.75) is 69.5 Å². The van der Waals surface area contributed by atoms with Crippen LogP contribution in [0.4, 0.5) is 4.79 Å². The highest BCUT2D eigenvalue weighted by molar-refractivity contribution is 14.1. The Morgan fingerprint density at radius 3 is 2.70 bits per heavy atom. The third-order valence-corrected chi connectivity index (χ3v) is 8.63. The molecule has 4 bridgehead atoms. The average Bonchev–Trinajstić information content (AvgIpc) is 3.25. The first-order valence-corrected chi connectivity index (χ1v) is 14.3. The number of alkyl halides is 1. The lowest BCUT2D eigenvalue weighted by Crippen LogP contribution is -2.57. The van der Waals surface area contributed by atoms with E-state index in [1.165, 1.54) is 4.90 Å². The smallest absolute Gasteiger partial charge is 0.407 e. The molecule has 0 saturated carbocycles. The summed E-state index contributed by atoms with van der Waals surface area (Å²) in [5, 5.41) is 14.4. The van der Waals surface area contributed by atoms with Crippen LogP contribution < -0.4 is 10.1 Å². The maximum atomic E-state index is 13.6. The second kappa shape index (κ2) is 11.3.